The molecule has 46 heavy (non-hydrogen) atoms. The lowest BCUT2D eigenvalue weighted by atomic mass is 9.85. The summed E-state index contributed by atoms with van der Waals surface area (Å²) in [7, 11) is 0. The monoisotopic (exact) mass is 589 g/mol. The molecule has 8 aromatic rings. The van der Waals surface area contributed by atoms with Crippen molar-refractivity contribution in [3.05, 3.63) is 180 Å². The first kappa shape index (κ1) is 26.5. The van der Waals surface area contributed by atoms with E-state index < -0.39 is 0 Å². The summed E-state index contributed by atoms with van der Waals surface area (Å²) in [6.45, 7) is 0. The predicted molar refractivity (Wildman–Crippen MR) is 193 cm³/mol. The summed E-state index contributed by atoms with van der Waals surface area (Å²) < 4.78 is 6.13. The van der Waals surface area contributed by atoms with E-state index in [9.17, 15) is 0 Å². The minimum atomic E-state index is 0.414. The van der Waals surface area contributed by atoms with Gasteiger partial charge in [0.25, 0.3) is 0 Å². The maximum absolute atomic E-state index is 6.13. The van der Waals surface area contributed by atoms with Crippen LogP contribution < -0.4 is 4.90 Å². The van der Waals surface area contributed by atoms with Gasteiger partial charge in [-0.1, -0.05) is 115 Å². The molecule has 0 fully saturated rings. The molecule has 0 saturated heterocycles. The number of hydrogen-bond acceptors (Lipinski definition) is 2. The fraction of sp³-hybridized carbons (Fsp3) is 0.0455. The highest BCUT2D eigenvalue weighted by Crippen LogP contribution is 2.40. The Morgan fingerprint density at radius 1 is 0.522 bits per heavy atom. The molecule has 1 aliphatic carbocycles. The summed E-state index contributed by atoms with van der Waals surface area (Å²) in [5, 5.41) is 4.77. The maximum atomic E-state index is 6.13. The Labute approximate surface area is 268 Å². The first-order valence-electron chi connectivity index (χ1n) is 15.9. The Bertz CT molecular complexity index is 2380. The molecule has 218 valence electrons. The lowest BCUT2D eigenvalue weighted by Gasteiger charge is -2.27. The second-order valence-electron chi connectivity index (χ2n) is 12.2. The lowest BCUT2D eigenvalue weighted by Crippen LogP contribution is -2.11. The van der Waals surface area contributed by atoms with E-state index in [1.165, 1.54) is 44.0 Å². The minimum absolute atomic E-state index is 0.414. The fourth-order valence-corrected chi connectivity index (χ4v) is 7.08. The number of para-hydroxylation sites is 2. The van der Waals surface area contributed by atoms with Crippen LogP contribution in [-0.4, -0.2) is 0 Å². The van der Waals surface area contributed by atoms with E-state index in [-0.39, 0.29) is 0 Å². The number of furan rings is 1. The van der Waals surface area contributed by atoms with E-state index in [4.69, 9.17) is 4.42 Å². The highest BCUT2D eigenvalue weighted by atomic mass is 16.3. The highest BCUT2D eigenvalue weighted by Gasteiger charge is 2.19. The molecule has 1 aliphatic rings. The molecule has 1 atom stereocenters. The summed E-state index contributed by atoms with van der Waals surface area (Å²) in [6.07, 6.45) is 5.67. The number of anilines is 3. The lowest BCUT2D eigenvalue weighted by molar-refractivity contribution is 0.669. The molecule has 0 bridgehead atoms. The second kappa shape index (κ2) is 10.9. The molecule has 0 N–H and O–H groups in total. The van der Waals surface area contributed by atoms with Gasteiger partial charge in [-0.2, -0.15) is 0 Å². The third-order valence-electron chi connectivity index (χ3n) is 9.39. The van der Waals surface area contributed by atoms with Gasteiger partial charge in [-0.15, -0.1) is 0 Å². The van der Waals surface area contributed by atoms with Crippen LogP contribution >= 0.6 is 0 Å². The van der Waals surface area contributed by atoms with Crippen LogP contribution in [0.3, 0.4) is 0 Å². The smallest absolute Gasteiger partial charge is 0.136 e. The SMILES string of the molecule is C1=CC(c2ccccc2)Cc2ccc(N(c3ccccc3)c3ccc(-c4ccc5c(ccc6oc7ccccc7c65)c4)cc3)cc21. The fourth-order valence-electron chi connectivity index (χ4n) is 7.08. The molecular weight excluding hydrogens is 558 g/mol. The van der Waals surface area contributed by atoms with Crippen LogP contribution in [0.5, 0.6) is 0 Å². The summed E-state index contributed by atoms with van der Waals surface area (Å²) in [5.41, 5.74) is 11.7. The minimum Gasteiger partial charge on any atom is -0.456 e. The van der Waals surface area contributed by atoms with Gasteiger partial charge in [0.2, 0.25) is 0 Å². The van der Waals surface area contributed by atoms with Crippen LogP contribution in [0.4, 0.5) is 17.1 Å². The van der Waals surface area contributed by atoms with Gasteiger partial charge in [0.15, 0.2) is 0 Å². The zero-order valence-corrected chi connectivity index (χ0v) is 25.3. The van der Waals surface area contributed by atoms with Crippen molar-refractivity contribution >= 4 is 55.8 Å². The maximum Gasteiger partial charge on any atom is 0.136 e. The van der Waals surface area contributed by atoms with Crippen LogP contribution in [0, 0.1) is 0 Å². The normalized spacial score (nSPS) is 14.1. The third-order valence-corrected chi connectivity index (χ3v) is 9.39. The average Bonchev–Trinajstić information content (AvgIpc) is 3.52. The quantitative estimate of drug-likeness (QED) is 0.199. The number of rotatable bonds is 5. The van der Waals surface area contributed by atoms with E-state index in [0.717, 1.165) is 40.0 Å². The van der Waals surface area contributed by atoms with Crippen LogP contribution in [0.25, 0.3) is 49.9 Å². The number of fused-ring (bicyclic) bond motifs is 6. The zero-order chi connectivity index (χ0) is 30.5. The van der Waals surface area contributed by atoms with Crippen molar-refractivity contribution in [1.29, 1.82) is 0 Å². The molecule has 9 rings (SSSR count). The van der Waals surface area contributed by atoms with Gasteiger partial charge < -0.3 is 9.32 Å². The van der Waals surface area contributed by atoms with Crippen molar-refractivity contribution in [2.24, 2.45) is 0 Å². The summed E-state index contributed by atoms with van der Waals surface area (Å²) in [5.74, 6) is 0.414. The standard InChI is InChI=1S/C44H31NO/c1-3-9-30(10-4-1)32-15-16-35-29-39(24-19-34(35)27-32)45(37-11-5-2-6-12-37)38-22-17-31(18-23-38)33-20-25-40-36(28-33)21-26-43-44(40)41-13-7-8-14-42(41)46-43/h1-26,28-29,32H,27H2. The van der Waals surface area contributed by atoms with Crippen LogP contribution in [-0.2, 0) is 6.42 Å². The van der Waals surface area contributed by atoms with Crippen LogP contribution in [0.2, 0.25) is 0 Å². The third kappa shape index (κ3) is 4.58. The Morgan fingerprint density at radius 3 is 2.09 bits per heavy atom. The molecule has 0 saturated carbocycles. The Kier molecular flexibility index (Phi) is 6.31. The number of nitrogens with zero attached hydrogens (tertiary/aromatic N) is 1. The number of allylic oxidation sites excluding steroid dienone is 1. The first-order valence-corrected chi connectivity index (χ1v) is 15.9. The van der Waals surface area contributed by atoms with E-state index in [2.05, 4.69) is 163 Å². The van der Waals surface area contributed by atoms with E-state index >= 15 is 0 Å². The Hall–Kier alpha value is -5.86. The van der Waals surface area contributed by atoms with Gasteiger partial charge in [0.1, 0.15) is 11.2 Å². The Morgan fingerprint density at radius 2 is 1.24 bits per heavy atom. The summed E-state index contributed by atoms with van der Waals surface area (Å²) >= 11 is 0. The summed E-state index contributed by atoms with van der Waals surface area (Å²) in [4.78, 5) is 2.35. The van der Waals surface area contributed by atoms with Crippen molar-refractivity contribution in [3.63, 3.8) is 0 Å². The zero-order valence-electron chi connectivity index (χ0n) is 25.3. The van der Waals surface area contributed by atoms with Gasteiger partial charge in [-0.3, -0.25) is 0 Å². The first-order chi connectivity index (χ1) is 22.8. The molecule has 0 aliphatic heterocycles. The van der Waals surface area contributed by atoms with Crippen molar-refractivity contribution < 1.29 is 4.42 Å². The van der Waals surface area contributed by atoms with Crippen molar-refractivity contribution in [2.75, 3.05) is 4.90 Å². The molecule has 0 radical (unpaired) electrons. The molecule has 0 spiro atoms. The second-order valence-corrected chi connectivity index (χ2v) is 12.2. The summed E-state index contributed by atoms with van der Waals surface area (Å²) in [6, 6.07) is 56.6. The Balaban J connectivity index is 1.06. The van der Waals surface area contributed by atoms with Gasteiger partial charge in [-0.05, 0) is 99.6 Å². The van der Waals surface area contributed by atoms with Gasteiger partial charge in [0.05, 0.1) is 0 Å². The highest BCUT2D eigenvalue weighted by molar-refractivity contribution is 6.19. The largest absolute Gasteiger partial charge is 0.456 e. The van der Waals surface area contributed by atoms with Crippen LogP contribution in [0.15, 0.2) is 168 Å². The molecular formula is C44H31NO. The molecule has 0 amide bonds. The van der Waals surface area contributed by atoms with Crippen molar-refractivity contribution in [2.45, 2.75) is 12.3 Å². The average molecular weight is 590 g/mol. The van der Waals surface area contributed by atoms with Crippen LogP contribution in [0.1, 0.15) is 22.6 Å². The molecule has 1 aromatic heterocycles. The van der Waals surface area contributed by atoms with Gasteiger partial charge in [0, 0.05) is 33.8 Å². The predicted octanol–water partition coefficient (Wildman–Crippen LogP) is 12.2. The molecule has 1 heterocycles. The number of hydrogen-bond donors (Lipinski definition) is 0. The van der Waals surface area contributed by atoms with E-state index in [1.54, 1.807) is 0 Å². The van der Waals surface area contributed by atoms with Gasteiger partial charge in [-0.25, -0.2) is 0 Å². The van der Waals surface area contributed by atoms with E-state index in [1.807, 2.05) is 12.1 Å². The molecule has 1 unspecified atom stereocenters. The topological polar surface area (TPSA) is 16.4 Å². The van der Waals surface area contributed by atoms with Gasteiger partial charge >= 0.3 is 0 Å². The van der Waals surface area contributed by atoms with E-state index in [0.29, 0.717) is 5.92 Å². The molecule has 2 heteroatoms. The van der Waals surface area contributed by atoms with Crippen molar-refractivity contribution in [3.8, 4) is 11.1 Å². The molecule has 2 nitrogen and oxygen atoms in total. The number of benzene rings is 7. The molecule has 7 aromatic carbocycles. The van der Waals surface area contributed by atoms with Crippen molar-refractivity contribution in [1.82, 2.24) is 0 Å².